The minimum atomic E-state index is -0.125. The Hall–Kier alpha value is -0.390. The van der Waals surface area contributed by atoms with Gasteiger partial charge in [-0.15, -0.1) is 11.3 Å². The number of hydrogen-bond acceptors (Lipinski definition) is 3. The number of carbonyl (C=O) groups is 1. The first-order valence-corrected chi connectivity index (χ1v) is 5.04. The largest absolute Gasteiger partial charge is 0.350 e. The van der Waals surface area contributed by atoms with Crippen LogP contribution in [0.3, 0.4) is 0 Å². The zero-order valence-corrected chi connectivity index (χ0v) is 8.74. The lowest BCUT2D eigenvalue weighted by Gasteiger charge is -1.99. The van der Waals surface area contributed by atoms with E-state index in [4.69, 9.17) is 5.73 Å². The maximum Gasteiger partial charge on any atom is 0.234 e. The molecule has 1 rings (SSSR count). The van der Waals surface area contributed by atoms with E-state index in [1.807, 2.05) is 12.1 Å². The number of rotatable bonds is 3. The molecule has 12 heavy (non-hydrogen) atoms. The summed E-state index contributed by atoms with van der Waals surface area (Å²) in [5.41, 5.74) is 5.12. The molecule has 0 aliphatic rings. The van der Waals surface area contributed by atoms with Crippen LogP contribution in [0.25, 0.3) is 0 Å². The first-order chi connectivity index (χ1) is 5.72. The molecule has 0 atom stereocenters. The van der Waals surface area contributed by atoms with Crippen LogP contribution in [0, 0.1) is 0 Å². The van der Waals surface area contributed by atoms with Crippen molar-refractivity contribution in [1.29, 1.82) is 0 Å². The lowest BCUT2D eigenvalue weighted by molar-refractivity contribution is -0.119. The summed E-state index contributed by atoms with van der Waals surface area (Å²) in [7, 11) is 0. The van der Waals surface area contributed by atoms with Crippen molar-refractivity contribution in [2.75, 3.05) is 6.54 Å². The Labute approximate surface area is 83.1 Å². The molecule has 5 heteroatoms. The molecule has 1 amide bonds. The highest BCUT2D eigenvalue weighted by Gasteiger charge is 1.99. The molecule has 1 aromatic heterocycles. The molecule has 0 aromatic carbocycles. The summed E-state index contributed by atoms with van der Waals surface area (Å²) < 4.78 is 1.07. The number of halogens is 1. The van der Waals surface area contributed by atoms with Crippen LogP contribution in [0.2, 0.25) is 0 Å². The smallest absolute Gasteiger partial charge is 0.234 e. The zero-order chi connectivity index (χ0) is 8.97. The van der Waals surface area contributed by atoms with Crippen LogP contribution < -0.4 is 11.1 Å². The Kier molecular flexibility index (Phi) is 3.71. The highest BCUT2D eigenvalue weighted by atomic mass is 79.9. The molecule has 1 heterocycles. The van der Waals surface area contributed by atoms with Gasteiger partial charge < -0.3 is 11.1 Å². The van der Waals surface area contributed by atoms with Gasteiger partial charge in [0.1, 0.15) is 0 Å². The predicted molar refractivity (Wildman–Crippen MR) is 52.9 cm³/mol. The summed E-state index contributed by atoms with van der Waals surface area (Å²) >= 11 is 4.94. The van der Waals surface area contributed by atoms with E-state index in [0.717, 1.165) is 8.66 Å². The van der Waals surface area contributed by atoms with E-state index in [2.05, 4.69) is 21.2 Å². The molecule has 0 saturated heterocycles. The van der Waals surface area contributed by atoms with Crippen molar-refractivity contribution in [3.05, 3.63) is 20.8 Å². The van der Waals surface area contributed by atoms with Crippen molar-refractivity contribution in [2.24, 2.45) is 5.73 Å². The Balaban J connectivity index is 2.38. The third-order valence-electron chi connectivity index (χ3n) is 1.27. The maximum absolute atomic E-state index is 10.7. The van der Waals surface area contributed by atoms with Gasteiger partial charge in [0.2, 0.25) is 5.91 Å². The van der Waals surface area contributed by atoms with Crippen molar-refractivity contribution in [1.82, 2.24) is 5.32 Å². The molecule has 3 nitrogen and oxygen atoms in total. The Morgan fingerprint density at radius 3 is 2.92 bits per heavy atom. The topological polar surface area (TPSA) is 55.1 Å². The van der Waals surface area contributed by atoms with Gasteiger partial charge >= 0.3 is 0 Å². The van der Waals surface area contributed by atoms with Gasteiger partial charge in [0.05, 0.1) is 16.9 Å². The van der Waals surface area contributed by atoms with Crippen molar-refractivity contribution in [2.45, 2.75) is 6.54 Å². The van der Waals surface area contributed by atoms with E-state index in [1.165, 1.54) is 0 Å². The van der Waals surface area contributed by atoms with Crippen molar-refractivity contribution < 1.29 is 4.79 Å². The molecular formula is C7H9BrN2OS. The Morgan fingerprint density at radius 1 is 1.67 bits per heavy atom. The van der Waals surface area contributed by atoms with E-state index >= 15 is 0 Å². The van der Waals surface area contributed by atoms with Gasteiger partial charge in [0.25, 0.3) is 0 Å². The second-order valence-electron chi connectivity index (χ2n) is 2.19. The average molecular weight is 249 g/mol. The normalized spacial score (nSPS) is 9.83. The minimum absolute atomic E-state index is 0.0482. The molecule has 1 aromatic rings. The summed E-state index contributed by atoms with van der Waals surface area (Å²) in [5, 5.41) is 2.69. The van der Waals surface area contributed by atoms with E-state index in [-0.39, 0.29) is 12.5 Å². The fourth-order valence-electron chi connectivity index (χ4n) is 0.705. The molecule has 0 bridgehead atoms. The fourth-order valence-corrected chi connectivity index (χ4v) is 2.13. The quantitative estimate of drug-likeness (QED) is 0.842. The van der Waals surface area contributed by atoms with Crippen LogP contribution >= 0.6 is 27.3 Å². The van der Waals surface area contributed by atoms with Crippen molar-refractivity contribution >= 4 is 33.2 Å². The van der Waals surface area contributed by atoms with E-state index in [0.29, 0.717) is 6.54 Å². The van der Waals surface area contributed by atoms with Gasteiger partial charge in [-0.1, -0.05) is 0 Å². The molecule has 0 aliphatic heterocycles. The van der Waals surface area contributed by atoms with Gasteiger partial charge in [0, 0.05) is 4.88 Å². The molecule has 0 fully saturated rings. The SMILES string of the molecule is NCC(=O)NCc1ccc(Br)s1. The number of nitrogens with one attached hydrogen (secondary N) is 1. The summed E-state index contributed by atoms with van der Waals surface area (Å²) in [6.45, 7) is 0.610. The lowest BCUT2D eigenvalue weighted by atomic mass is 10.4. The van der Waals surface area contributed by atoms with Crippen molar-refractivity contribution in [3.8, 4) is 0 Å². The highest BCUT2D eigenvalue weighted by Crippen LogP contribution is 2.21. The minimum Gasteiger partial charge on any atom is -0.350 e. The van der Waals surface area contributed by atoms with Crippen LogP contribution in [0.15, 0.2) is 15.9 Å². The van der Waals surface area contributed by atoms with E-state index < -0.39 is 0 Å². The summed E-state index contributed by atoms with van der Waals surface area (Å²) in [5.74, 6) is -0.125. The Morgan fingerprint density at radius 2 is 2.42 bits per heavy atom. The van der Waals surface area contributed by atoms with Crippen LogP contribution in [-0.2, 0) is 11.3 Å². The number of carbonyl (C=O) groups excluding carboxylic acids is 1. The zero-order valence-electron chi connectivity index (χ0n) is 6.34. The number of thiophene rings is 1. The van der Waals surface area contributed by atoms with Gasteiger partial charge in [-0.25, -0.2) is 0 Å². The van der Waals surface area contributed by atoms with Crippen LogP contribution in [0.4, 0.5) is 0 Å². The van der Waals surface area contributed by atoms with Gasteiger partial charge in [0.15, 0.2) is 0 Å². The second-order valence-corrected chi connectivity index (χ2v) is 4.73. The number of hydrogen-bond donors (Lipinski definition) is 2. The molecule has 0 spiro atoms. The summed E-state index contributed by atoms with van der Waals surface area (Å²) in [6.07, 6.45) is 0. The molecular weight excluding hydrogens is 240 g/mol. The third-order valence-corrected chi connectivity index (χ3v) is 2.90. The molecule has 0 radical (unpaired) electrons. The predicted octanol–water partition coefficient (Wildman–Crippen LogP) is 1.09. The maximum atomic E-state index is 10.7. The summed E-state index contributed by atoms with van der Waals surface area (Å²) in [4.78, 5) is 11.9. The third kappa shape index (κ3) is 2.92. The first-order valence-electron chi connectivity index (χ1n) is 3.43. The molecule has 66 valence electrons. The van der Waals surface area contributed by atoms with Gasteiger partial charge in [-0.2, -0.15) is 0 Å². The second kappa shape index (κ2) is 4.59. The molecule has 3 N–H and O–H groups in total. The Bertz CT molecular complexity index is 274. The van der Waals surface area contributed by atoms with Crippen LogP contribution in [0.1, 0.15) is 4.88 Å². The standard InChI is InChI=1S/C7H9BrN2OS/c8-6-2-1-5(12-6)4-10-7(11)3-9/h1-2H,3-4,9H2,(H,10,11). The van der Waals surface area contributed by atoms with E-state index in [9.17, 15) is 4.79 Å². The van der Waals surface area contributed by atoms with Gasteiger partial charge in [-0.3, -0.25) is 4.79 Å². The average Bonchev–Trinajstić information content (AvgIpc) is 2.47. The lowest BCUT2D eigenvalue weighted by Crippen LogP contribution is -2.29. The molecule has 0 saturated carbocycles. The monoisotopic (exact) mass is 248 g/mol. The van der Waals surface area contributed by atoms with Crippen LogP contribution in [0.5, 0.6) is 0 Å². The number of nitrogens with two attached hydrogens (primary N) is 1. The first kappa shape index (κ1) is 9.70. The molecule has 0 aliphatic carbocycles. The fraction of sp³-hybridized carbons (Fsp3) is 0.286. The van der Waals surface area contributed by atoms with Crippen molar-refractivity contribution in [3.63, 3.8) is 0 Å². The number of amides is 1. The van der Waals surface area contributed by atoms with E-state index in [1.54, 1.807) is 11.3 Å². The highest BCUT2D eigenvalue weighted by molar-refractivity contribution is 9.11. The molecule has 0 unspecified atom stereocenters. The van der Waals surface area contributed by atoms with Crippen LogP contribution in [-0.4, -0.2) is 12.5 Å². The van der Waals surface area contributed by atoms with Gasteiger partial charge in [-0.05, 0) is 28.1 Å². The summed E-state index contributed by atoms with van der Waals surface area (Å²) in [6, 6.07) is 3.92.